The van der Waals surface area contributed by atoms with Gasteiger partial charge >= 0.3 is 0 Å². The average molecular weight is 259 g/mol. The van der Waals surface area contributed by atoms with Gasteiger partial charge in [0, 0.05) is 12.1 Å². The van der Waals surface area contributed by atoms with E-state index in [1.54, 1.807) is 7.11 Å². The molecular formula is C17H25NO. The van der Waals surface area contributed by atoms with Gasteiger partial charge in [0.05, 0.1) is 7.11 Å². The van der Waals surface area contributed by atoms with E-state index in [1.807, 2.05) is 0 Å². The van der Waals surface area contributed by atoms with Crippen LogP contribution in [0.3, 0.4) is 0 Å². The third kappa shape index (κ3) is 3.11. The van der Waals surface area contributed by atoms with Gasteiger partial charge in [-0.15, -0.1) is 0 Å². The van der Waals surface area contributed by atoms with Gasteiger partial charge in [0.2, 0.25) is 0 Å². The molecule has 1 aromatic carbocycles. The molecule has 2 nitrogen and oxygen atoms in total. The summed E-state index contributed by atoms with van der Waals surface area (Å²) in [7, 11) is 1.75. The van der Waals surface area contributed by atoms with Gasteiger partial charge in [-0.1, -0.05) is 25.3 Å². The first kappa shape index (κ1) is 13.0. The average Bonchev–Trinajstić information content (AvgIpc) is 2.48. The molecule has 0 aliphatic heterocycles. The lowest BCUT2D eigenvalue weighted by Gasteiger charge is -2.31. The van der Waals surface area contributed by atoms with Gasteiger partial charge in [-0.25, -0.2) is 0 Å². The number of hydrogen-bond acceptors (Lipinski definition) is 2. The largest absolute Gasteiger partial charge is 0.497 e. The van der Waals surface area contributed by atoms with Gasteiger partial charge in [0.15, 0.2) is 0 Å². The van der Waals surface area contributed by atoms with Crippen LogP contribution in [0.2, 0.25) is 0 Å². The van der Waals surface area contributed by atoms with Gasteiger partial charge in [0.25, 0.3) is 0 Å². The Morgan fingerprint density at radius 2 is 1.84 bits per heavy atom. The topological polar surface area (TPSA) is 21.3 Å². The standard InChI is InChI=1S/C17H25NO/c1-19-17-10-8-13-11-16(9-7-14(13)12-17)18-15-5-3-2-4-6-15/h8,10,12,15-16,18H,2-7,9,11H2,1H3/t16-/m0/s1. The Morgan fingerprint density at radius 3 is 2.63 bits per heavy atom. The number of aryl methyl sites for hydroxylation is 1. The van der Waals surface area contributed by atoms with Crippen LogP contribution in [-0.2, 0) is 12.8 Å². The van der Waals surface area contributed by atoms with Crippen LogP contribution in [-0.4, -0.2) is 19.2 Å². The second-order valence-corrected chi connectivity index (χ2v) is 6.08. The molecule has 0 amide bonds. The summed E-state index contributed by atoms with van der Waals surface area (Å²) in [6, 6.07) is 8.03. The van der Waals surface area contributed by atoms with Gasteiger partial charge < -0.3 is 10.1 Å². The number of hydrogen-bond donors (Lipinski definition) is 1. The lowest BCUT2D eigenvalue weighted by atomic mass is 9.86. The van der Waals surface area contributed by atoms with Crippen molar-refractivity contribution in [2.45, 2.75) is 63.5 Å². The monoisotopic (exact) mass is 259 g/mol. The second-order valence-electron chi connectivity index (χ2n) is 6.08. The van der Waals surface area contributed by atoms with Crippen molar-refractivity contribution < 1.29 is 4.74 Å². The highest BCUT2D eigenvalue weighted by atomic mass is 16.5. The van der Waals surface area contributed by atoms with Crippen LogP contribution in [0.5, 0.6) is 5.75 Å². The van der Waals surface area contributed by atoms with E-state index in [9.17, 15) is 0 Å². The van der Waals surface area contributed by atoms with Gasteiger partial charge in [-0.2, -0.15) is 0 Å². The van der Waals surface area contributed by atoms with Crippen molar-refractivity contribution in [1.29, 1.82) is 0 Å². The van der Waals surface area contributed by atoms with Crippen molar-refractivity contribution >= 4 is 0 Å². The van der Waals surface area contributed by atoms with Crippen LogP contribution in [0.15, 0.2) is 18.2 Å². The van der Waals surface area contributed by atoms with Crippen molar-refractivity contribution in [3.63, 3.8) is 0 Å². The van der Waals surface area contributed by atoms with Gasteiger partial charge in [0.1, 0.15) is 5.75 Å². The lowest BCUT2D eigenvalue weighted by molar-refractivity contribution is 0.320. The number of rotatable bonds is 3. The molecule has 0 radical (unpaired) electrons. The predicted molar refractivity (Wildman–Crippen MR) is 78.8 cm³/mol. The molecule has 19 heavy (non-hydrogen) atoms. The molecule has 2 aliphatic rings. The Bertz CT molecular complexity index is 423. The van der Waals surface area contributed by atoms with Gasteiger partial charge in [-0.05, 0) is 55.4 Å². The second kappa shape index (κ2) is 5.96. The highest BCUT2D eigenvalue weighted by Crippen LogP contribution is 2.27. The van der Waals surface area contributed by atoms with Gasteiger partial charge in [-0.3, -0.25) is 0 Å². The van der Waals surface area contributed by atoms with E-state index in [-0.39, 0.29) is 0 Å². The summed E-state index contributed by atoms with van der Waals surface area (Å²) < 4.78 is 5.31. The molecule has 0 spiro atoms. The first-order valence-corrected chi connectivity index (χ1v) is 7.77. The number of fused-ring (bicyclic) bond motifs is 1. The van der Waals surface area contributed by atoms with Crippen LogP contribution < -0.4 is 10.1 Å². The van der Waals surface area contributed by atoms with E-state index in [2.05, 4.69) is 23.5 Å². The lowest BCUT2D eigenvalue weighted by Crippen LogP contribution is -2.42. The minimum absolute atomic E-state index is 0.684. The van der Waals surface area contributed by atoms with Crippen molar-refractivity contribution in [2.24, 2.45) is 0 Å². The van der Waals surface area contributed by atoms with Crippen molar-refractivity contribution in [1.82, 2.24) is 5.32 Å². The highest BCUT2D eigenvalue weighted by molar-refractivity contribution is 5.37. The molecule has 104 valence electrons. The minimum atomic E-state index is 0.684. The summed E-state index contributed by atoms with van der Waals surface area (Å²) in [5.74, 6) is 0.998. The van der Waals surface area contributed by atoms with Crippen LogP contribution in [0.4, 0.5) is 0 Å². The zero-order valence-corrected chi connectivity index (χ0v) is 12.0. The molecule has 2 aliphatic carbocycles. The molecule has 3 rings (SSSR count). The summed E-state index contributed by atoms with van der Waals surface area (Å²) in [5.41, 5.74) is 3.00. The highest BCUT2D eigenvalue weighted by Gasteiger charge is 2.22. The molecule has 0 aromatic heterocycles. The zero-order chi connectivity index (χ0) is 13.1. The maximum atomic E-state index is 5.31. The minimum Gasteiger partial charge on any atom is -0.497 e. The van der Waals surface area contributed by atoms with E-state index in [0.717, 1.165) is 11.8 Å². The van der Waals surface area contributed by atoms with Crippen LogP contribution in [0, 0.1) is 0 Å². The molecule has 0 bridgehead atoms. The maximum absolute atomic E-state index is 5.31. The SMILES string of the molecule is COc1ccc2c(c1)CC[C@H](NC1CCCCC1)C2. The third-order valence-electron chi connectivity index (χ3n) is 4.72. The molecule has 1 saturated carbocycles. The summed E-state index contributed by atoms with van der Waals surface area (Å²) >= 11 is 0. The molecule has 1 aromatic rings. The zero-order valence-electron chi connectivity index (χ0n) is 12.0. The van der Waals surface area contributed by atoms with E-state index in [1.165, 1.54) is 62.5 Å². The number of methoxy groups -OCH3 is 1. The Balaban J connectivity index is 1.61. The third-order valence-corrected chi connectivity index (χ3v) is 4.72. The van der Waals surface area contributed by atoms with E-state index < -0.39 is 0 Å². The van der Waals surface area contributed by atoms with Crippen LogP contribution in [0.25, 0.3) is 0 Å². The van der Waals surface area contributed by atoms with E-state index in [0.29, 0.717) is 6.04 Å². The van der Waals surface area contributed by atoms with Crippen molar-refractivity contribution in [3.05, 3.63) is 29.3 Å². The number of ether oxygens (including phenoxy) is 1. The molecule has 0 heterocycles. The van der Waals surface area contributed by atoms with E-state index >= 15 is 0 Å². The first-order chi connectivity index (χ1) is 9.35. The molecule has 0 saturated heterocycles. The summed E-state index contributed by atoms with van der Waals surface area (Å²) in [6.45, 7) is 0. The predicted octanol–water partition coefficient (Wildman–Crippen LogP) is 3.47. The maximum Gasteiger partial charge on any atom is 0.119 e. The van der Waals surface area contributed by atoms with Crippen LogP contribution in [0.1, 0.15) is 49.7 Å². The van der Waals surface area contributed by atoms with Crippen molar-refractivity contribution in [3.8, 4) is 5.75 Å². The van der Waals surface area contributed by atoms with E-state index in [4.69, 9.17) is 4.74 Å². The number of benzene rings is 1. The summed E-state index contributed by atoms with van der Waals surface area (Å²) in [4.78, 5) is 0. The van der Waals surface area contributed by atoms with Crippen LogP contribution >= 0.6 is 0 Å². The Morgan fingerprint density at radius 1 is 1.00 bits per heavy atom. The Labute approximate surface area is 116 Å². The fourth-order valence-electron chi connectivity index (χ4n) is 3.60. The molecule has 1 atom stereocenters. The molecule has 2 heteroatoms. The summed E-state index contributed by atoms with van der Waals surface area (Å²) in [6.07, 6.45) is 10.7. The normalized spacial score (nSPS) is 23.9. The fraction of sp³-hybridized carbons (Fsp3) is 0.647. The molecule has 0 unspecified atom stereocenters. The first-order valence-electron chi connectivity index (χ1n) is 7.77. The quantitative estimate of drug-likeness (QED) is 0.897. The molecule has 1 fully saturated rings. The summed E-state index contributed by atoms with van der Waals surface area (Å²) in [5, 5.41) is 3.90. The number of nitrogens with one attached hydrogen (secondary N) is 1. The fourth-order valence-corrected chi connectivity index (χ4v) is 3.60. The van der Waals surface area contributed by atoms with Crippen molar-refractivity contribution in [2.75, 3.05) is 7.11 Å². The Hall–Kier alpha value is -1.02. The Kier molecular flexibility index (Phi) is 4.07. The molecule has 1 N–H and O–H groups in total. The smallest absolute Gasteiger partial charge is 0.119 e. The molecular weight excluding hydrogens is 234 g/mol.